The van der Waals surface area contributed by atoms with E-state index >= 15 is 0 Å². The van der Waals surface area contributed by atoms with Crippen LogP contribution in [0, 0.1) is 13.8 Å². The molecule has 1 unspecified atom stereocenters. The maximum Gasteiger partial charge on any atom is 0.134 e. The largest absolute Gasteiger partial charge is 0.486 e. The summed E-state index contributed by atoms with van der Waals surface area (Å²) in [6, 6.07) is 6.59. The Bertz CT molecular complexity index is 364. The number of hydrogen-bond donors (Lipinski definition) is 1. The molecular weight excluding hydrogens is 226 g/mol. The van der Waals surface area contributed by atoms with Gasteiger partial charge in [0.05, 0.1) is 6.61 Å². The van der Waals surface area contributed by atoms with Crippen molar-refractivity contribution in [3.05, 3.63) is 29.3 Å². The first-order chi connectivity index (χ1) is 8.54. The van der Waals surface area contributed by atoms with Crippen LogP contribution in [0.25, 0.3) is 0 Å². The monoisotopic (exact) mass is 251 g/mol. The fourth-order valence-electron chi connectivity index (χ4n) is 1.72. The highest BCUT2D eigenvalue weighted by atomic mass is 16.5. The van der Waals surface area contributed by atoms with Gasteiger partial charge in [0.1, 0.15) is 11.9 Å². The molecule has 1 N–H and O–H groups in total. The van der Waals surface area contributed by atoms with E-state index in [1.165, 1.54) is 11.1 Å². The minimum Gasteiger partial charge on any atom is -0.486 e. The second-order valence-electron chi connectivity index (χ2n) is 4.96. The van der Waals surface area contributed by atoms with Crippen molar-refractivity contribution in [2.75, 3.05) is 20.3 Å². The number of rotatable bonds is 7. The van der Waals surface area contributed by atoms with Gasteiger partial charge in [-0.15, -0.1) is 0 Å². The quantitative estimate of drug-likeness (QED) is 0.808. The molecule has 3 heteroatoms. The van der Waals surface area contributed by atoms with Crippen LogP contribution in [-0.4, -0.2) is 32.4 Å². The number of benzene rings is 1. The van der Waals surface area contributed by atoms with E-state index in [4.69, 9.17) is 9.47 Å². The minimum atomic E-state index is 0.0397. The van der Waals surface area contributed by atoms with Gasteiger partial charge < -0.3 is 14.8 Å². The number of nitrogens with one attached hydrogen (secondary N) is 1. The molecule has 0 aliphatic rings. The van der Waals surface area contributed by atoms with E-state index in [1.807, 2.05) is 12.1 Å². The Labute approximate surface area is 110 Å². The molecule has 18 heavy (non-hydrogen) atoms. The summed E-state index contributed by atoms with van der Waals surface area (Å²) < 4.78 is 11.2. The van der Waals surface area contributed by atoms with Gasteiger partial charge in [-0.05, 0) is 31.0 Å². The second-order valence-corrected chi connectivity index (χ2v) is 4.96. The molecule has 102 valence electrons. The fraction of sp³-hybridized carbons (Fsp3) is 0.600. The summed E-state index contributed by atoms with van der Waals surface area (Å²) in [6.45, 7) is 9.82. The Morgan fingerprint density at radius 3 is 2.56 bits per heavy atom. The molecule has 1 aromatic carbocycles. The SMILES string of the molecule is COCC(CNC(C)C)Oc1cccc(C)c1C. The lowest BCUT2D eigenvalue weighted by Crippen LogP contribution is -2.38. The van der Waals surface area contributed by atoms with Crippen LogP contribution in [0.1, 0.15) is 25.0 Å². The van der Waals surface area contributed by atoms with E-state index in [2.05, 4.69) is 39.1 Å². The topological polar surface area (TPSA) is 30.5 Å². The van der Waals surface area contributed by atoms with Crippen molar-refractivity contribution in [1.82, 2.24) is 5.32 Å². The van der Waals surface area contributed by atoms with E-state index in [0.29, 0.717) is 12.6 Å². The van der Waals surface area contributed by atoms with E-state index in [-0.39, 0.29) is 6.10 Å². The molecule has 1 aromatic rings. The van der Waals surface area contributed by atoms with Gasteiger partial charge >= 0.3 is 0 Å². The van der Waals surface area contributed by atoms with E-state index in [0.717, 1.165) is 12.3 Å². The van der Waals surface area contributed by atoms with Crippen LogP contribution in [0.15, 0.2) is 18.2 Å². The molecule has 0 aliphatic heterocycles. The van der Waals surface area contributed by atoms with Gasteiger partial charge in [-0.25, -0.2) is 0 Å². The van der Waals surface area contributed by atoms with Crippen molar-refractivity contribution in [1.29, 1.82) is 0 Å². The van der Waals surface area contributed by atoms with E-state index in [9.17, 15) is 0 Å². The smallest absolute Gasteiger partial charge is 0.134 e. The van der Waals surface area contributed by atoms with Crippen LogP contribution in [0.4, 0.5) is 0 Å². The van der Waals surface area contributed by atoms with Gasteiger partial charge in [-0.3, -0.25) is 0 Å². The normalized spacial score (nSPS) is 12.8. The first-order valence-electron chi connectivity index (χ1n) is 6.49. The van der Waals surface area contributed by atoms with Crippen molar-refractivity contribution < 1.29 is 9.47 Å². The van der Waals surface area contributed by atoms with Gasteiger partial charge in [0, 0.05) is 19.7 Å². The zero-order valence-electron chi connectivity index (χ0n) is 12.1. The van der Waals surface area contributed by atoms with Crippen LogP contribution < -0.4 is 10.1 Å². The lowest BCUT2D eigenvalue weighted by atomic mass is 10.1. The number of hydrogen-bond acceptors (Lipinski definition) is 3. The van der Waals surface area contributed by atoms with Crippen molar-refractivity contribution >= 4 is 0 Å². The summed E-state index contributed by atoms with van der Waals surface area (Å²) in [7, 11) is 1.70. The van der Waals surface area contributed by atoms with Gasteiger partial charge in [0.15, 0.2) is 0 Å². The van der Waals surface area contributed by atoms with Crippen LogP contribution in [0.5, 0.6) is 5.75 Å². The highest BCUT2D eigenvalue weighted by Crippen LogP contribution is 2.21. The highest BCUT2D eigenvalue weighted by molar-refractivity contribution is 5.38. The summed E-state index contributed by atoms with van der Waals surface area (Å²) >= 11 is 0. The van der Waals surface area contributed by atoms with Crippen molar-refractivity contribution in [3.63, 3.8) is 0 Å². The summed E-state index contributed by atoms with van der Waals surface area (Å²) in [5.74, 6) is 0.947. The number of methoxy groups -OCH3 is 1. The fourth-order valence-corrected chi connectivity index (χ4v) is 1.72. The highest BCUT2D eigenvalue weighted by Gasteiger charge is 2.12. The maximum atomic E-state index is 6.03. The molecule has 0 spiro atoms. The average Bonchev–Trinajstić information content (AvgIpc) is 2.32. The molecule has 3 nitrogen and oxygen atoms in total. The molecule has 0 radical (unpaired) electrons. The maximum absolute atomic E-state index is 6.03. The molecule has 0 aromatic heterocycles. The molecule has 1 atom stereocenters. The molecule has 0 heterocycles. The zero-order valence-corrected chi connectivity index (χ0v) is 12.1. The summed E-state index contributed by atoms with van der Waals surface area (Å²) in [5, 5.41) is 3.38. The lowest BCUT2D eigenvalue weighted by molar-refractivity contribution is 0.0789. The standard InChI is InChI=1S/C15H25NO2/c1-11(2)16-9-14(10-17-5)18-15-8-6-7-12(3)13(15)4/h6-8,11,14,16H,9-10H2,1-5H3. The Balaban J connectivity index is 2.67. The molecule has 0 aliphatic carbocycles. The number of aryl methyl sites for hydroxylation is 1. The third-order valence-corrected chi connectivity index (χ3v) is 2.95. The van der Waals surface area contributed by atoms with Gasteiger partial charge in [-0.2, -0.15) is 0 Å². The van der Waals surface area contributed by atoms with Gasteiger partial charge in [-0.1, -0.05) is 26.0 Å². The number of ether oxygens (including phenoxy) is 2. The van der Waals surface area contributed by atoms with Crippen molar-refractivity contribution in [2.45, 2.75) is 39.8 Å². The molecule has 0 saturated heterocycles. The molecule has 0 amide bonds. The molecule has 0 fully saturated rings. The minimum absolute atomic E-state index is 0.0397. The molecular formula is C15H25NO2. The Kier molecular flexibility index (Phi) is 6.16. The predicted molar refractivity (Wildman–Crippen MR) is 75.3 cm³/mol. The van der Waals surface area contributed by atoms with Crippen LogP contribution in [0.3, 0.4) is 0 Å². The summed E-state index contributed by atoms with van der Waals surface area (Å²) in [6.07, 6.45) is 0.0397. The molecule has 1 rings (SSSR count). The van der Waals surface area contributed by atoms with Crippen LogP contribution in [0.2, 0.25) is 0 Å². The van der Waals surface area contributed by atoms with Gasteiger partial charge in [0.2, 0.25) is 0 Å². The third-order valence-electron chi connectivity index (χ3n) is 2.95. The Morgan fingerprint density at radius 1 is 1.22 bits per heavy atom. The zero-order chi connectivity index (χ0) is 13.5. The van der Waals surface area contributed by atoms with Crippen molar-refractivity contribution in [3.8, 4) is 5.75 Å². The third kappa shape index (κ3) is 4.67. The lowest BCUT2D eigenvalue weighted by Gasteiger charge is -2.22. The first kappa shape index (κ1) is 15.0. The van der Waals surface area contributed by atoms with Crippen LogP contribution in [-0.2, 0) is 4.74 Å². The first-order valence-corrected chi connectivity index (χ1v) is 6.49. The molecule has 0 bridgehead atoms. The summed E-state index contributed by atoms with van der Waals surface area (Å²) in [5.41, 5.74) is 2.45. The van der Waals surface area contributed by atoms with Gasteiger partial charge in [0.25, 0.3) is 0 Å². The van der Waals surface area contributed by atoms with Crippen molar-refractivity contribution in [2.24, 2.45) is 0 Å². The average molecular weight is 251 g/mol. The Morgan fingerprint density at radius 2 is 1.94 bits per heavy atom. The van der Waals surface area contributed by atoms with Crippen LogP contribution >= 0.6 is 0 Å². The predicted octanol–water partition coefficient (Wildman–Crippen LogP) is 2.70. The Hall–Kier alpha value is -1.06. The second kappa shape index (κ2) is 7.39. The molecule has 0 saturated carbocycles. The van der Waals surface area contributed by atoms with E-state index in [1.54, 1.807) is 7.11 Å². The summed E-state index contributed by atoms with van der Waals surface area (Å²) in [4.78, 5) is 0. The van der Waals surface area contributed by atoms with E-state index < -0.39 is 0 Å².